The average Bonchev–Trinajstić information content (AvgIpc) is 2.02. The number of carbonyl (C=O) groups is 1. The first-order valence-corrected chi connectivity index (χ1v) is 5.00. The van der Waals surface area contributed by atoms with Crippen LogP contribution in [0.25, 0.3) is 0 Å². The maximum Gasteiger partial charge on any atom is 0.159 e. The SMILES string of the molecule is C=C(C)CC(=O)/C=C/CCCCC. The quantitative estimate of drug-likeness (QED) is 0.332. The predicted octanol–water partition coefficient (Wildman–Crippen LogP) is 3.66. The molecule has 0 atom stereocenters. The zero-order chi connectivity index (χ0) is 10.1. The van der Waals surface area contributed by atoms with Crippen molar-refractivity contribution in [3.8, 4) is 0 Å². The fraction of sp³-hybridized carbons (Fsp3) is 0.583. The Morgan fingerprint density at radius 2 is 2.08 bits per heavy atom. The standard InChI is InChI=1S/C12H20O/c1-4-5-6-7-8-9-12(13)10-11(2)3/h8-9H,2,4-7,10H2,1,3H3/b9-8+. The predicted molar refractivity (Wildman–Crippen MR) is 57.7 cm³/mol. The van der Waals surface area contributed by atoms with E-state index in [4.69, 9.17) is 0 Å². The van der Waals surface area contributed by atoms with E-state index in [1.165, 1.54) is 19.3 Å². The first-order chi connectivity index (χ1) is 6.16. The van der Waals surface area contributed by atoms with Crippen molar-refractivity contribution in [1.29, 1.82) is 0 Å². The van der Waals surface area contributed by atoms with Crippen molar-refractivity contribution in [2.24, 2.45) is 0 Å². The van der Waals surface area contributed by atoms with E-state index in [-0.39, 0.29) is 5.78 Å². The molecule has 0 aromatic heterocycles. The molecule has 0 bridgehead atoms. The molecule has 0 saturated carbocycles. The van der Waals surface area contributed by atoms with Crippen LogP contribution in [0.2, 0.25) is 0 Å². The van der Waals surface area contributed by atoms with Crippen molar-refractivity contribution in [3.05, 3.63) is 24.3 Å². The fourth-order valence-corrected chi connectivity index (χ4v) is 1.08. The fourth-order valence-electron chi connectivity index (χ4n) is 1.08. The molecule has 0 spiro atoms. The van der Waals surface area contributed by atoms with Crippen molar-refractivity contribution < 1.29 is 4.79 Å². The number of rotatable bonds is 7. The molecule has 0 aromatic rings. The minimum absolute atomic E-state index is 0.170. The minimum Gasteiger partial charge on any atom is -0.295 e. The Kier molecular flexibility index (Phi) is 7.27. The molecule has 13 heavy (non-hydrogen) atoms. The summed E-state index contributed by atoms with van der Waals surface area (Å²) in [5, 5.41) is 0. The van der Waals surface area contributed by atoms with Crippen LogP contribution in [-0.2, 0) is 4.79 Å². The molecule has 1 nitrogen and oxygen atoms in total. The number of allylic oxidation sites excluding steroid dienone is 3. The molecule has 0 aliphatic carbocycles. The molecule has 0 aliphatic heterocycles. The topological polar surface area (TPSA) is 17.1 Å². The second-order valence-corrected chi connectivity index (χ2v) is 3.50. The Bertz CT molecular complexity index is 189. The average molecular weight is 180 g/mol. The van der Waals surface area contributed by atoms with Gasteiger partial charge in [-0.15, -0.1) is 0 Å². The summed E-state index contributed by atoms with van der Waals surface area (Å²) < 4.78 is 0. The van der Waals surface area contributed by atoms with E-state index in [1.807, 2.05) is 13.0 Å². The monoisotopic (exact) mass is 180 g/mol. The lowest BCUT2D eigenvalue weighted by molar-refractivity contribution is -0.114. The van der Waals surface area contributed by atoms with Crippen molar-refractivity contribution >= 4 is 5.78 Å². The molecule has 0 aromatic carbocycles. The van der Waals surface area contributed by atoms with Crippen LogP contribution in [0.5, 0.6) is 0 Å². The molecule has 74 valence electrons. The van der Waals surface area contributed by atoms with Crippen LogP contribution in [0.15, 0.2) is 24.3 Å². The highest BCUT2D eigenvalue weighted by atomic mass is 16.1. The van der Waals surface area contributed by atoms with Gasteiger partial charge in [0.25, 0.3) is 0 Å². The highest BCUT2D eigenvalue weighted by Crippen LogP contribution is 2.01. The van der Waals surface area contributed by atoms with Gasteiger partial charge in [0.15, 0.2) is 5.78 Å². The van der Waals surface area contributed by atoms with Gasteiger partial charge in [0, 0.05) is 6.42 Å². The largest absolute Gasteiger partial charge is 0.295 e. The molecule has 0 unspecified atom stereocenters. The lowest BCUT2D eigenvalue weighted by Gasteiger charge is -1.93. The molecule has 1 heteroatoms. The zero-order valence-electron chi connectivity index (χ0n) is 8.81. The van der Waals surface area contributed by atoms with Crippen LogP contribution in [-0.4, -0.2) is 5.78 Å². The van der Waals surface area contributed by atoms with Gasteiger partial charge in [-0.1, -0.05) is 38.0 Å². The second kappa shape index (κ2) is 7.78. The third-order valence-corrected chi connectivity index (χ3v) is 1.75. The third kappa shape index (κ3) is 9.06. The van der Waals surface area contributed by atoms with E-state index < -0.39 is 0 Å². The van der Waals surface area contributed by atoms with Gasteiger partial charge in [0.05, 0.1) is 0 Å². The summed E-state index contributed by atoms with van der Waals surface area (Å²) in [6.07, 6.45) is 8.84. The van der Waals surface area contributed by atoms with E-state index in [9.17, 15) is 4.79 Å². The molecule has 0 N–H and O–H groups in total. The van der Waals surface area contributed by atoms with E-state index in [0.29, 0.717) is 6.42 Å². The van der Waals surface area contributed by atoms with E-state index in [1.54, 1.807) is 6.08 Å². The summed E-state index contributed by atoms with van der Waals surface area (Å²) in [4.78, 5) is 11.1. The second-order valence-electron chi connectivity index (χ2n) is 3.50. The summed E-state index contributed by atoms with van der Waals surface area (Å²) in [6, 6.07) is 0. The normalized spacial score (nSPS) is 10.6. The Labute approximate surface area is 81.5 Å². The molecule has 0 fully saturated rings. The number of unbranched alkanes of at least 4 members (excludes halogenated alkanes) is 3. The summed E-state index contributed by atoms with van der Waals surface area (Å²) in [6.45, 7) is 7.75. The summed E-state index contributed by atoms with van der Waals surface area (Å²) >= 11 is 0. The van der Waals surface area contributed by atoms with E-state index in [2.05, 4.69) is 13.5 Å². The van der Waals surface area contributed by atoms with Crippen molar-refractivity contribution in [2.75, 3.05) is 0 Å². The molecule has 0 aliphatic rings. The van der Waals surface area contributed by atoms with Gasteiger partial charge in [0.1, 0.15) is 0 Å². The van der Waals surface area contributed by atoms with Gasteiger partial charge in [-0.3, -0.25) is 4.79 Å². The maximum absolute atomic E-state index is 11.1. The molecule has 0 saturated heterocycles. The number of hydrogen-bond acceptors (Lipinski definition) is 1. The summed E-state index contributed by atoms with van der Waals surface area (Å²) in [5.41, 5.74) is 0.934. The maximum atomic E-state index is 11.1. The van der Waals surface area contributed by atoms with Crippen LogP contribution >= 0.6 is 0 Å². The number of ketones is 1. The Balaban J connectivity index is 3.48. The van der Waals surface area contributed by atoms with Crippen LogP contribution in [0.1, 0.15) is 46.0 Å². The molecular weight excluding hydrogens is 160 g/mol. The van der Waals surface area contributed by atoms with Crippen LogP contribution in [0.4, 0.5) is 0 Å². The highest BCUT2D eigenvalue weighted by molar-refractivity contribution is 5.91. The van der Waals surface area contributed by atoms with Crippen molar-refractivity contribution in [3.63, 3.8) is 0 Å². The molecule has 0 radical (unpaired) electrons. The Morgan fingerprint density at radius 3 is 2.62 bits per heavy atom. The van der Waals surface area contributed by atoms with Crippen LogP contribution < -0.4 is 0 Å². The Morgan fingerprint density at radius 1 is 1.38 bits per heavy atom. The van der Waals surface area contributed by atoms with Gasteiger partial charge in [0.2, 0.25) is 0 Å². The third-order valence-electron chi connectivity index (χ3n) is 1.75. The molecule has 0 rings (SSSR count). The summed E-state index contributed by atoms with van der Waals surface area (Å²) in [5.74, 6) is 0.170. The Hall–Kier alpha value is -0.850. The summed E-state index contributed by atoms with van der Waals surface area (Å²) in [7, 11) is 0. The molecule has 0 amide bonds. The lowest BCUT2D eigenvalue weighted by atomic mass is 10.1. The highest BCUT2D eigenvalue weighted by Gasteiger charge is 1.94. The zero-order valence-corrected chi connectivity index (χ0v) is 8.81. The first-order valence-electron chi connectivity index (χ1n) is 5.00. The van der Waals surface area contributed by atoms with Gasteiger partial charge in [-0.25, -0.2) is 0 Å². The minimum atomic E-state index is 0.170. The lowest BCUT2D eigenvalue weighted by Crippen LogP contribution is -1.91. The van der Waals surface area contributed by atoms with Gasteiger partial charge in [-0.05, 0) is 25.8 Å². The van der Waals surface area contributed by atoms with Crippen LogP contribution in [0, 0.1) is 0 Å². The molecular formula is C12H20O. The van der Waals surface area contributed by atoms with Gasteiger partial charge >= 0.3 is 0 Å². The smallest absolute Gasteiger partial charge is 0.159 e. The van der Waals surface area contributed by atoms with Crippen molar-refractivity contribution in [2.45, 2.75) is 46.0 Å². The van der Waals surface area contributed by atoms with Gasteiger partial charge < -0.3 is 0 Å². The van der Waals surface area contributed by atoms with E-state index >= 15 is 0 Å². The van der Waals surface area contributed by atoms with Gasteiger partial charge in [-0.2, -0.15) is 0 Å². The molecule has 0 heterocycles. The van der Waals surface area contributed by atoms with Crippen LogP contribution in [0.3, 0.4) is 0 Å². The van der Waals surface area contributed by atoms with E-state index in [0.717, 1.165) is 12.0 Å². The number of carbonyl (C=O) groups excluding carboxylic acids is 1. The first kappa shape index (κ1) is 12.2. The van der Waals surface area contributed by atoms with Crippen molar-refractivity contribution in [1.82, 2.24) is 0 Å². The number of hydrogen-bond donors (Lipinski definition) is 0.